The van der Waals surface area contributed by atoms with Crippen LogP contribution in [-0.2, 0) is 14.4 Å². The van der Waals surface area contributed by atoms with Gasteiger partial charge in [0.1, 0.15) is 6.04 Å². The molecule has 0 aliphatic carbocycles. The van der Waals surface area contributed by atoms with Gasteiger partial charge in [-0.05, 0) is 57.2 Å². The van der Waals surface area contributed by atoms with Crippen LogP contribution >= 0.6 is 11.8 Å². The second-order valence-corrected chi connectivity index (χ2v) is 13.1. The lowest BCUT2D eigenvalue weighted by Gasteiger charge is -2.37. The van der Waals surface area contributed by atoms with Gasteiger partial charge >= 0.3 is 0 Å². The first-order valence-corrected chi connectivity index (χ1v) is 14.6. The lowest BCUT2D eigenvalue weighted by Crippen LogP contribution is -2.53. The second kappa shape index (κ2) is 10.2. The number of hydrogen-bond acceptors (Lipinski definition) is 5. The number of carbonyl (C=O) groups excluding carboxylic acids is 3. The lowest BCUT2D eigenvalue weighted by atomic mass is 9.74. The van der Waals surface area contributed by atoms with E-state index >= 15 is 0 Å². The number of rotatable bonds is 7. The van der Waals surface area contributed by atoms with Crippen LogP contribution in [0, 0.1) is 25.7 Å². The summed E-state index contributed by atoms with van der Waals surface area (Å²) in [5.41, 5.74) is 2.93. The third-order valence-corrected chi connectivity index (χ3v) is 10.4. The van der Waals surface area contributed by atoms with Crippen molar-refractivity contribution in [1.82, 2.24) is 9.80 Å². The van der Waals surface area contributed by atoms with E-state index in [1.165, 1.54) is 0 Å². The van der Waals surface area contributed by atoms with Gasteiger partial charge in [-0.1, -0.05) is 43.4 Å². The Morgan fingerprint density at radius 2 is 1.74 bits per heavy atom. The highest BCUT2D eigenvalue weighted by molar-refractivity contribution is 8.02. The number of thioether (sulfide) groups is 1. The summed E-state index contributed by atoms with van der Waals surface area (Å²) < 4.78 is -1.43. The number of aryl methyl sites for hydroxylation is 2. The van der Waals surface area contributed by atoms with Crippen LogP contribution in [0.15, 0.2) is 42.5 Å². The Morgan fingerprint density at radius 3 is 2.47 bits per heavy atom. The summed E-state index contributed by atoms with van der Waals surface area (Å²) in [5.74, 6) is -1.37. The SMILES string of the molecule is CCCN1CC=C[C@]2(C)S[C@]34C=CCN(c5cc(C)ccc5C)C(=O)C3N(CCCCO)C(=O)[C@@H]4[C@@H]2C1=O. The van der Waals surface area contributed by atoms with Gasteiger partial charge in [-0.15, -0.1) is 11.8 Å². The second-order valence-electron chi connectivity index (χ2n) is 11.3. The fraction of sp³-hybridized carbons (Fsp3) is 0.567. The Balaban J connectivity index is 1.63. The van der Waals surface area contributed by atoms with Crippen molar-refractivity contribution < 1.29 is 19.5 Å². The monoisotopic (exact) mass is 537 g/mol. The van der Waals surface area contributed by atoms with Crippen LogP contribution in [0.5, 0.6) is 0 Å². The van der Waals surface area contributed by atoms with Crippen LogP contribution in [0.4, 0.5) is 5.69 Å². The van der Waals surface area contributed by atoms with E-state index in [-0.39, 0.29) is 24.3 Å². The Bertz CT molecular complexity index is 1200. The first-order valence-electron chi connectivity index (χ1n) is 13.8. The molecule has 3 amide bonds. The van der Waals surface area contributed by atoms with Gasteiger partial charge in [0.05, 0.1) is 16.6 Å². The van der Waals surface area contributed by atoms with Crippen LogP contribution in [0.3, 0.4) is 0 Å². The number of aliphatic hydroxyl groups excluding tert-OH is 1. The number of unbranched alkanes of at least 4 members (excludes halogenated alkanes) is 1. The molecule has 1 spiro atoms. The Kier molecular flexibility index (Phi) is 7.24. The maximum atomic E-state index is 14.6. The molecule has 4 aliphatic rings. The van der Waals surface area contributed by atoms with E-state index in [0.29, 0.717) is 39.0 Å². The topological polar surface area (TPSA) is 81.2 Å². The average Bonchev–Trinajstić information content (AvgIpc) is 3.14. The molecule has 5 atom stereocenters. The van der Waals surface area contributed by atoms with Crippen LogP contribution in [0.25, 0.3) is 0 Å². The summed E-state index contributed by atoms with van der Waals surface area (Å²) in [6.07, 6.45) is 10.3. The van der Waals surface area contributed by atoms with E-state index in [2.05, 4.69) is 32.1 Å². The molecular weight excluding hydrogens is 498 g/mol. The van der Waals surface area contributed by atoms with Crippen LogP contribution in [0.1, 0.15) is 44.2 Å². The minimum atomic E-state index is -0.839. The van der Waals surface area contributed by atoms with Gasteiger partial charge in [0, 0.05) is 43.2 Å². The van der Waals surface area contributed by atoms with Gasteiger partial charge < -0.3 is 19.8 Å². The quantitative estimate of drug-likeness (QED) is 0.426. The highest BCUT2D eigenvalue weighted by atomic mass is 32.2. The van der Waals surface area contributed by atoms with Crippen LogP contribution in [-0.4, -0.2) is 80.9 Å². The summed E-state index contributed by atoms with van der Waals surface area (Å²) in [6, 6.07) is 5.38. The van der Waals surface area contributed by atoms with Crippen molar-refractivity contribution in [2.75, 3.05) is 37.7 Å². The van der Waals surface area contributed by atoms with Crippen LogP contribution in [0.2, 0.25) is 0 Å². The molecule has 0 bridgehead atoms. The molecule has 0 aromatic heterocycles. The molecule has 0 radical (unpaired) electrons. The van der Waals surface area contributed by atoms with E-state index in [1.807, 2.05) is 47.9 Å². The van der Waals surface area contributed by atoms with Crippen molar-refractivity contribution in [3.63, 3.8) is 0 Å². The highest BCUT2D eigenvalue weighted by Crippen LogP contribution is 2.65. The molecule has 7 nitrogen and oxygen atoms in total. The molecule has 2 saturated heterocycles. The Hall–Kier alpha value is -2.58. The summed E-state index contributed by atoms with van der Waals surface area (Å²) in [6.45, 7) is 10.2. The Morgan fingerprint density at radius 1 is 0.974 bits per heavy atom. The number of likely N-dealkylation sites (tertiary alicyclic amines) is 1. The van der Waals surface area contributed by atoms with Gasteiger partial charge in [-0.2, -0.15) is 0 Å². The summed E-state index contributed by atoms with van der Waals surface area (Å²) in [4.78, 5) is 48.3. The molecule has 5 rings (SSSR count). The molecule has 8 heteroatoms. The first kappa shape index (κ1) is 27.0. The van der Waals surface area contributed by atoms with Gasteiger partial charge in [0.25, 0.3) is 5.91 Å². The van der Waals surface area contributed by atoms with Crippen molar-refractivity contribution in [2.45, 2.75) is 62.5 Å². The smallest absolute Gasteiger partial charge is 0.251 e. The molecule has 4 heterocycles. The molecule has 1 unspecified atom stereocenters. The van der Waals surface area contributed by atoms with E-state index in [1.54, 1.807) is 16.7 Å². The number of fused-ring (bicyclic) bond motifs is 2. The predicted octanol–water partition coefficient (Wildman–Crippen LogP) is 3.47. The van der Waals surface area contributed by atoms with Crippen molar-refractivity contribution in [2.24, 2.45) is 11.8 Å². The van der Waals surface area contributed by atoms with E-state index in [4.69, 9.17) is 0 Å². The number of amides is 3. The predicted molar refractivity (Wildman–Crippen MR) is 151 cm³/mol. The largest absolute Gasteiger partial charge is 0.396 e. The third-order valence-electron chi connectivity index (χ3n) is 8.60. The maximum Gasteiger partial charge on any atom is 0.251 e. The fourth-order valence-corrected chi connectivity index (χ4v) is 9.06. The molecule has 0 saturated carbocycles. The summed E-state index contributed by atoms with van der Waals surface area (Å²) in [7, 11) is 0. The van der Waals surface area contributed by atoms with E-state index < -0.39 is 27.4 Å². The molecular formula is C30H39N3O4S. The van der Waals surface area contributed by atoms with Gasteiger partial charge in [0.2, 0.25) is 11.8 Å². The molecule has 1 aromatic rings. The standard InChI is InChI=1S/C30H39N3O4S/c1-5-14-31-15-8-12-29(4)23(26(31)35)24-27(36)33(16-6-7-18-34)25-28(37)32(17-9-13-30(24,25)38-29)22-19-20(2)10-11-21(22)3/h8-13,19,23-25,34H,5-7,14-18H2,1-4H3/t23-,24+,25?,29+,30+/m1/s1. The van der Waals surface area contributed by atoms with E-state index in [9.17, 15) is 19.5 Å². The zero-order chi connectivity index (χ0) is 27.2. The van der Waals surface area contributed by atoms with Gasteiger partial charge in [0.15, 0.2) is 0 Å². The maximum absolute atomic E-state index is 14.6. The fourth-order valence-electron chi connectivity index (χ4n) is 6.90. The Labute approximate surface area is 229 Å². The molecule has 2 fully saturated rings. The number of carbonyl (C=O) groups is 3. The summed E-state index contributed by atoms with van der Waals surface area (Å²) >= 11 is 1.62. The van der Waals surface area contributed by atoms with Crippen molar-refractivity contribution in [3.8, 4) is 0 Å². The normalized spacial score (nSPS) is 32.4. The number of aliphatic hydroxyl groups is 1. The lowest BCUT2D eigenvalue weighted by molar-refractivity contribution is -0.143. The zero-order valence-corrected chi connectivity index (χ0v) is 23.7. The van der Waals surface area contributed by atoms with Crippen molar-refractivity contribution in [3.05, 3.63) is 53.6 Å². The number of hydrogen-bond donors (Lipinski definition) is 1. The minimum Gasteiger partial charge on any atom is -0.396 e. The van der Waals surface area contributed by atoms with Gasteiger partial charge in [-0.25, -0.2) is 0 Å². The highest BCUT2D eigenvalue weighted by Gasteiger charge is 2.73. The first-order chi connectivity index (χ1) is 18.2. The third kappa shape index (κ3) is 4.11. The summed E-state index contributed by atoms with van der Waals surface area (Å²) in [5, 5.41) is 9.42. The minimum absolute atomic E-state index is 0.00881. The van der Waals surface area contributed by atoms with Gasteiger partial charge in [-0.3, -0.25) is 14.4 Å². The van der Waals surface area contributed by atoms with Crippen molar-refractivity contribution in [1.29, 1.82) is 0 Å². The zero-order valence-electron chi connectivity index (χ0n) is 22.9. The van der Waals surface area contributed by atoms with Crippen LogP contribution < -0.4 is 4.90 Å². The molecule has 1 aromatic carbocycles. The number of nitrogens with zero attached hydrogens (tertiary/aromatic N) is 3. The molecule has 204 valence electrons. The molecule has 1 N–H and O–H groups in total. The molecule has 4 aliphatic heterocycles. The van der Waals surface area contributed by atoms with E-state index in [0.717, 1.165) is 23.2 Å². The number of benzene rings is 1. The van der Waals surface area contributed by atoms with Crippen molar-refractivity contribution >= 4 is 35.2 Å². The average molecular weight is 538 g/mol. The number of anilines is 1. The molecule has 38 heavy (non-hydrogen) atoms.